The van der Waals surface area contributed by atoms with Crippen molar-refractivity contribution in [1.82, 2.24) is 15.1 Å². The van der Waals surface area contributed by atoms with Crippen molar-refractivity contribution < 1.29 is 14.3 Å². The van der Waals surface area contributed by atoms with Gasteiger partial charge in [-0.1, -0.05) is 31.9 Å². The van der Waals surface area contributed by atoms with Crippen LogP contribution in [0.15, 0.2) is 24.3 Å². The van der Waals surface area contributed by atoms with Crippen LogP contribution in [0.4, 0.5) is 0 Å². The van der Waals surface area contributed by atoms with Gasteiger partial charge >= 0.3 is 0 Å². The van der Waals surface area contributed by atoms with E-state index in [0.29, 0.717) is 25.6 Å². The lowest BCUT2D eigenvalue weighted by atomic mass is 9.94. The molecule has 3 aliphatic rings. The predicted molar refractivity (Wildman–Crippen MR) is 121 cm³/mol. The third kappa shape index (κ3) is 5.47. The molecule has 4 rings (SSSR count). The second-order valence-electron chi connectivity index (χ2n) is 9.25. The first kappa shape index (κ1) is 22.3. The molecule has 1 saturated carbocycles. The van der Waals surface area contributed by atoms with Gasteiger partial charge in [0.15, 0.2) is 0 Å². The van der Waals surface area contributed by atoms with Gasteiger partial charge in [-0.3, -0.25) is 14.5 Å². The average Bonchev–Trinajstić information content (AvgIpc) is 3.53. The molecule has 0 spiro atoms. The monoisotopic (exact) mass is 427 g/mol. The van der Waals surface area contributed by atoms with Crippen LogP contribution >= 0.6 is 0 Å². The van der Waals surface area contributed by atoms with E-state index in [1.807, 2.05) is 29.2 Å². The van der Waals surface area contributed by atoms with Crippen molar-refractivity contribution in [2.75, 3.05) is 39.3 Å². The maximum Gasteiger partial charge on any atom is 0.253 e. The summed E-state index contributed by atoms with van der Waals surface area (Å²) in [6.07, 6.45) is 7.95. The van der Waals surface area contributed by atoms with Gasteiger partial charge in [-0.15, -0.1) is 0 Å². The van der Waals surface area contributed by atoms with Gasteiger partial charge in [-0.25, -0.2) is 0 Å². The molecule has 2 saturated heterocycles. The van der Waals surface area contributed by atoms with Crippen LogP contribution in [-0.2, 0) is 16.0 Å². The summed E-state index contributed by atoms with van der Waals surface area (Å²) in [5, 5.41) is 3.18. The molecular weight excluding hydrogens is 390 g/mol. The molecule has 1 aromatic rings. The molecule has 0 radical (unpaired) electrons. The molecule has 6 heteroatoms. The second kappa shape index (κ2) is 10.6. The van der Waals surface area contributed by atoms with Crippen molar-refractivity contribution in [1.29, 1.82) is 0 Å². The first-order valence-corrected chi connectivity index (χ1v) is 12.2. The van der Waals surface area contributed by atoms with E-state index in [2.05, 4.69) is 17.1 Å². The molecule has 2 amide bonds. The predicted octanol–water partition coefficient (Wildman–Crippen LogP) is 2.86. The molecule has 3 fully saturated rings. The molecule has 1 aliphatic carbocycles. The standard InChI is InChI=1S/C25H37N3O3/c1-2-19-9-11-21(12-10-19)25(30)28-15-13-27(14-16-28)23(20-6-3-4-7-20)24(29)26-18-22-8-5-17-31-22/h9-12,20,22-23H,2-8,13-18H2,1H3,(H,26,29)/t22-,23-/m1/s1. The number of ether oxygens (including phenoxy) is 1. The van der Waals surface area contributed by atoms with E-state index >= 15 is 0 Å². The molecule has 0 unspecified atom stereocenters. The van der Waals surface area contributed by atoms with Crippen molar-refractivity contribution in [2.45, 2.75) is 64.0 Å². The number of rotatable bonds is 7. The molecular formula is C25H37N3O3. The van der Waals surface area contributed by atoms with Crippen LogP contribution in [0, 0.1) is 5.92 Å². The van der Waals surface area contributed by atoms with Crippen LogP contribution in [0.5, 0.6) is 0 Å². The van der Waals surface area contributed by atoms with Gasteiger partial charge in [0.1, 0.15) is 0 Å². The van der Waals surface area contributed by atoms with Crippen molar-refractivity contribution in [3.05, 3.63) is 35.4 Å². The van der Waals surface area contributed by atoms with Crippen molar-refractivity contribution >= 4 is 11.8 Å². The fraction of sp³-hybridized carbons (Fsp3) is 0.680. The number of hydrogen-bond donors (Lipinski definition) is 1. The lowest BCUT2D eigenvalue weighted by Gasteiger charge is -2.41. The van der Waals surface area contributed by atoms with Crippen LogP contribution in [-0.4, -0.2) is 73.1 Å². The van der Waals surface area contributed by atoms with E-state index in [4.69, 9.17) is 4.74 Å². The molecule has 170 valence electrons. The number of amides is 2. The molecule has 6 nitrogen and oxygen atoms in total. The van der Waals surface area contributed by atoms with Crippen LogP contribution in [0.25, 0.3) is 0 Å². The number of carbonyl (C=O) groups is 2. The van der Waals surface area contributed by atoms with Gasteiger partial charge in [-0.05, 0) is 55.7 Å². The highest BCUT2D eigenvalue weighted by Gasteiger charge is 2.37. The molecule has 2 heterocycles. The maximum absolute atomic E-state index is 13.2. The normalized spacial score (nSPS) is 23.8. The van der Waals surface area contributed by atoms with E-state index in [-0.39, 0.29) is 24.0 Å². The van der Waals surface area contributed by atoms with Crippen molar-refractivity contribution in [2.24, 2.45) is 5.92 Å². The SMILES string of the molecule is CCc1ccc(C(=O)N2CCN([C@@H](C(=O)NC[C@H]3CCCO3)C3CCCC3)CC2)cc1. The number of piperazine rings is 1. The van der Waals surface area contributed by atoms with Gasteiger partial charge in [0.2, 0.25) is 5.91 Å². The molecule has 2 aliphatic heterocycles. The van der Waals surface area contributed by atoms with E-state index < -0.39 is 0 Å². The summed E-state index contributed by atoms with van der Waals surface area (Å²) in [6.45, 7) is 6.42. The largest absolute Gasteiger partial charge is 0.376 e. The quantitative estimate of drug-likeness (QED) is 0.727. The topological polar surface area (TPSA) is 61.9 Å². The summed E-state index contributed by atoms with van der Waals surface area (Å²) >= 11 is 0. The van der Waals surface area contributed by atoms with E-state index in [0.717, 1.165) is 57.4 Å². The van der Waals surface area contributed by atoms with Gasteiger partial charge in [0.25, 0.3) is 5.91 Å². The second-order valence-corrected chi connectivity index (χ2v) is 9.25. The van der Waals surface area contributed by atoms with Gasteiger partial charge < -0.3 is 15.0 Å². The summed E-state index contributed by atoms with van der Waals surface area (Å²) in [4.78, 5) is 30.4. The minimum absolute atomic E-state index is 0.0787. The third-order valence-corrected chi connectivity index (χ3v) is 7.25. The van der Waals surface area contributed by atoms with E-state index in [1.165, 1.54) is 18.4 Å². The zero-order valence-corrected chi connectivity index (χ0v) is 18.9. The first-order chi connectivity index (χ1) is 15.2. The maximum atomic E-state index is 13.2. The van der Waals surface area contributed by atoms with Crippen LogP contribution in [0.2, 0.25) is 0 Å². The van der Waals surface area contributed by atoms with E-state index in [1.54, 1.807) is 0 Å². The molecule has 0 aromatic heterocycles. The fourth-order valence-corrected chi connectivity index (χ4v) is 5.34. The Morgan fingerprint density at radius 3 is 2.35 bits per heavy atom. The summed E-state index contributed by atoms with van der Waals surface area (Å²) in [5.74, 6) is 0.674. The van der Waals surface area contributed by atoms with Crippen molar-refractivity contribution in [3.8, 4) is 0 Å². The van der Waals surface area contributed by atoms with Gasteiger partial charge in [0.05, 0.1) is 12.1 Å². The van der Waals surface area contributed by atoms with Crippen LogP contribution < -0.4 is 5.32 Å². The van der Waals surface area contributed by atoms with Crippen LogP contribution in [0.1, 0.15) is 61.4 Å². The Balaban J connectivity index is 1.35. The molecule has 31 heavy (non-hydrogen) atoms. The van der Waals surface area contributed by atoms with Gasteiger partial charge in [0, 0.05) is 44.9 Å². The Kier molecular flexibility index (Phi) is 7.62. The minimum atomic E-state index is -0.0787. The Hall–Kier alpha value is -1.92. The summed E-state index contributed by atoms with van der Waals surface area (Å²) in [5.41, 5.74) is 2.00. The Morgan fingerprint density at radius 1 is 1.03 bits per heavy atom. The molecule has 0 bridgehead atoms. The van der Waals surface area contributed by atoms with Gasteiger partial charge in [-0.2, -0.15) is 0 Å². The third-order valence-electron chi connectivity index (χ3n) is 7.25. The molecule has 1 aromatic carbocycles. The number of aryl methyl sites for hydroxylation is 1. The Bertz CT molecular complexity index is 731. The average molecular weight is 428 g/mol. The zero-order chi connectivity index (χ0) is 21.6. The molecule has 2 atom stereocenters. The number of nitrogens with one attached hydrogen (secondary N) is 1. The van der Waals surface area contributed by atoms with E-state index in [9.17, 15) is 9.59 Å². The molecule has 1 N–H and O–H groups in total. The first-order valence-electron chi connectivity index (χ1n) is 12.2. The number of hydrogen-bond acceptors (Lipinski definition) is 4. The lowest BCUT2D eigenvalue weighted by Crippen LogP contribution is -2.58. The lowest BCUT2D eigenvalue weighted by molar-refractivity contribution is -0.129. The summed E-state index contributed by atoms with van der Waals surface area (Å²) < 4.78 is 5.68. The summed E-state index contributed by atoms with van der Waals surface area (Å²) in [7, 11) is 0. The summed E-state index contributed by atoms with van der Waals surface area (Å²) in [6, 6.07) is 7.88. The smallest absolute Gasteiger partial charge is 0.253 e. The highest BCUT2D eigenvalue weighted by Crippen LogP contribution is 2.31. The number of benzene rings is 1. The highest BCUT2D eigenvalue weighted by atomic mass is 16.5. The Labute approximate surface area is 186 Å². The Morgan fingerprint density at radius 2 is 1.74 bits per heavy atom. The highest BCUT2D eigenvalue weighted by molar-refractivity contribution is 5.94. The minimum Gasteiger partial charge on any atom is -0.376 e. The van der Waals surface area contributed by atoms with Crippen molar-refractivity contribution in [3.63, 3.8) is 0 Å². The number of carbonyl (C=O) groups excluding carboxylic acids is 2. The zero-order valence-electron chi connectivity index (χ0n) is 18.9. The number of nitrogens with zero attached hydrogens (tertiary/aromatic N) is 2. The fourth-order valence-electron chi connectivity index (χ4n) is 5.34. The van der Waals surface area contributed by atoms with Crippen LogP contribution in [0.3, 0.4) is 0 Å².